The molecule has 11 aromatic carbocycles. The predicted molar refractivity (Wildman–Crippen MR) is 379 cm³/mol. The van der Waals surface area contributed by atoms with Gasteiger partial charge in [-0.3, -0.25) is 4.57 Å². The van der Waals surface area contributed by atoms with Crippen LogP contribution >= 0.6 is 0 Å². The molecule has 0 bridgehead atoms. The SMILES string of the molecule is [2H]C([2H])([2H])c1cccc(C([2H])([2H])[2H])c1-c1cccc2c1-[n+]1[c-]n(-c3[c-]c(Oc4[c-]c5c(cc4)c4ccccc4n5-c4cc(C(C)(C)C)ccn4)ccc3)c3cc(-c4ccc5oc6ccccc6c5c4)cc(c31)-c1ccccc1-c1ccc(-c3cc(C(C)(C)C)cc(C(C)(C)C)c3)cc1-2.[Pt]. The van der Waals surface area contributed by atoms with Gasteiger partial charge in [0.25, 0.3) is 6.33 Å². The maximum absolute atomic E-state index is 9.15. The quantitative estimate of drug-likeness (QED) is 0.118. The number of imidazole rings is 1. The van der Waals surface area contributed by atoms with Crippen LogP contribution in [0.3, 0.4) is 0 Å². The fourth-order valence-corrected chi connectivity index (χ4v) is 13.6. The number of benzene rings is 11. The number of para-hydroxylation sites is 3. The number of hydrogen-bond donors (Lipinski definition) is 0. The van der Waals surface area contributed by atoms with E-state index in [4.69, 9.17) is 22.4 Å². The molecule has 0 amide bonds. The van der Waals surface area contributed by atoms with E-state index in [1.807, 2.05) is 88.1 Å². The molecule has 15 aromatic rings. The van der Waals surface area contributed by atoms with Gasteiger partial charge in [-0.15, -0.1) is 29.7 Å². The zero-order valence-corrected chi connectivity index (χ0v) is 55.6. The summed E-state index contributed by atoms with van der Waals surface area (Å²) in [4.78, 5) is 4.92. The number of ether oxygens (including phenoxy) is 1. The van der Waals surface area contributed by atoms with Crippen molar-refractivity contribution in [3.05, 3.63) is 271 Å². The van der Waals surface area contributed by atoms with E-state index < -0.39 is 13.7 Å². The van der Waals surface area contributed by atoms with Gasteiger partial charge >= 0.3 is 0 Å². The summed E-state index contributed by atoms with van der Waals surface area (Å²) in [5.74, 6) is 1.66. The van der Waals surface area contributed by atoms with Gasteiger partial charge in [0.05, 0.1) is 16.7 Å². The van der Waals surface area contributed by atoms with Gasteiger partial charge in [-0.05, 0) is 184 Å². The average molecular weight is 1390 g/mol. The molecular formula is C86H70N4O2Pt-2. The van der Waals surface area contributed by atoms with Gasteiger partial charge in [0.15, 0.2) is 0 Å². The van der Waals surface area contributed by atoms with Crippen LogP contribution in [0.25, 0.3) is 139 Å². The van der Waals surface area contributed by atoms with Crippen molar-refractivity contribution in [2.24, 2.45) is 0 Å². The monoisotopic (exact) mass is 1390 g/mol. The van der Waals surface area contributed by atoms with E-state index in [-0.39, 0.29) is 54.0 Å². The van der Waals surface area contributed by atoms with E-state index >= 15 is 0 Å². The third-order valence-corrected chi connectivity index (χ3v) is 18.5. The molecule has 1 aliphatic rings. The second-order valence-corrected chi connectivity index (χ2v) is 27.6. The van der Waals surface area contributed by atoms with E-state index in [1.54, 1.807) is 0 Å². The number of hydrogen-bond acceptors (Lipinski definition) is 3. The van der Waals surface area contributed by atoms with Crippen LogP contribution in [0, 0.1) is 32.2 Å². The van der Waals surface area contributed by atoms with Gasteiger partial charge in [0, 0.05) is 63.3 Å². The number of aromatic nitrogens is 4. The zero-order chi connectivity index (χ0) is 68.1. The van der Waals surface area contributed by atoms with Crippen molar-refractivity contribution in [1.82, 2.24) is 14.1 Å². The fourth-order valence-electron chi connectivity index (χ4n) is 13.6. The van der Waals surface area contributed by atoms with Gasteiger partial charge in [-0.1, -0.05) is 207 Å². The Bertz CT molecular complexity index is 5730. The average Bonchev–Trinajstić information content (AvgIpc) is 1.54. The summed E-state index contributed by atoms with van der Waals surface area (Å²) < 4.78 is 74.4. The number of rotatable bonds is 7. The number of furan rings is 1. The predicted octanol–water partition coefficient (Wildman–Crippen LogP) is 22.3. The maximum atomic E-state index is 9.15. The second-order valence-electron chi connectivity index (χ2n) is 27.6. The zero-order valence-electron chi connectivity index (χ0n) is 59.3. The largest absolute Gasteiger partial charge is 0.510 e. The van der Waals surface area contributed by atoms with Crippen LogP contribution in [0.5, 0.6) is 11.5 Å². The van der Waals surface area contributed by atoms with Crippen molar-refractivity contribution in [3.8, 4) is 95.5 Å². The first kappa shape index (κ1) is 52.7. The molecule has 0 saturated carbocycles. The van der Waals surface area contributed by atoms with E-state index in [2.05, 4.69) is 213 Å². The molecule has 0 unspecified atom stereocenters. The smallest absolute Gasteiger partial charge is 0.268 e. The first-order valence-electron chi connectivity index (χ1n) is 34.5. The Morgan fingerprint density at radius 3 is 1.83 bits per heavy atom. The Morgan fingerprint density at radius 1 is 0.452 bits per heavy atom. The van der Waals surface area contributed by atoms with E-state index in [1.165, 1.54) is 29.3 Å². The molecule has 458 valence electrons. The molecule has 4 aromatic heterocycles. The van der Waals surface area contributed by atoms with Crippen molar-refractivity contribution in [3.63, 3.8) is 0 Å². The minimum Gasteiger partial charge on any atom is -0.510 e. The normalized spacial score (nSPS) is 13.6. The minimum absolute atomic E-state index is 0. The molecule has 1 aliphatic heterocycles. The van der Waals surface area contributed by atoms with Gasteiger partial charge in [-0.25, -0.2) is 4.98 Å². The van der Waals surface area contributed by atoms with Gasteiger partial charge in [0.2, 0.25) is 0 Å². The molecule has 0 aliphatic carbocycles. The van der Waals surface area contributed by atoms with E-state index in [0.717, 1.165) is 122 Å². The van der Waals surface area contributed by atoms with Gasteiger partial charge in [-0.2, -0.15) is 18.2 Å². The van der Waals surface area contributed by atoms with Crippen LogP contribution in [-0.4, -0.2) is 14.1 Å². The molecule has 0 saturated heterocycles. The first-order valence-corrected chi connectivity index (χ1v) is 31.5. The molecule has 0 spiro atoms. The topological polar surface area (TPSA) is 49.0 Å². The van der Waals surface area contributed by atoms with Crippen LogP contribution in [0.4, 0.5) is 0 Å². The molecule has 7 heteroatoms. The van der Waals surface area contributed by atoms with Crippen molar-refractivity contribution < 1.29 is 43.0 Å². The van der Waals surface area contributed by atoms with Gasteiger partial charge < -0.3 is 18.3 Å². The Labute approximate surface area is 567 Å². The third kappa shape index (κ3) is 10.1. The standard InChI is InChI=1S/C86H70N4O2.Pt/c1-52-21-18-22-53(2)81(52)71-30-20-29-70-72-43-54(56-41-59(85(6,7)8)47-60(42-56)86(9,10)11)33-36-66(72)64-25-12-13-26-65(64)74-45-57(55-34-38-79-73(44-55)69-28-15-17-32-78(69)92-79)46-77-83(74)89(82(70)71)51-88(77)61-23-19-24-62(49-61)91-63-35-37-68-67-27-14-16-31-75(67)90(76(68)50-63)80-48-58(39-40-87-80)84(3,4)5;/h12-48H,1-11H3;/q-2;/i1D3,2D3;. The molecule has 0 radical (unpaired) electrons. The van der Waals surface area contributed by atoms with Crippen molar-refractivity contribution >= 4 is 54.8 Å². The Hall–Kier alpha value is -9.87. The summed E-state index contributed by atoms with van der Waals surface area (Å²) in [5.41, 5.74) is 18.5. The Balaban J connectivity index is 0.00000798. The molecule has 0 fully saturated rings. The summed E-state index contributed by atoms with van der Waals surface area (Å²) in [7, 11) is 0. The molecule has 5 heterocycles. The number of aryl methyl sites for hydroxylation is 2. The second kappa shape index (κ2) is 22.2. The van der Waals surface area contributed by atoms with Crippen molar-refractivity contribution in [2.45, 2.75) is 92.3 Å². The maximum Gasteiger partial charge on any atom is 0.268 e. The van der Waals surface area contributed by atoms with Crippen LogP contribution in [0.1, 0.15) is 98.4 Å². The fraction of sp³-hybridized carbons (Fsp3) is 0.163. The molecule has 16 rings (SSSR count). The summed E-state index contributed by atoms with van der Waals surface area (Å²) in [6.07, 6.45) is 5.78. The van der Waals surface area contributed by atoms with Gasteiger partial charge in [0.1, 0.15) is 17.0 Å². The van der Waals surface area contributed by atoms with Crippen molar-refractivity contribution in [1.29, 1.82) is 0 Å². The first-order chi connectivity index (χ1) is 46.7. The van der Waals surface area contributed by atoms with E-state index in [9.17, 15) is 0 Å². The summed E-state index contributed by atoms with van der Waals surface area (Å²) in [6, 6.07) is 81.1. The minimum atomic E-state index is -2.73. The number of nitrogens with zero attached hydrogens (tertiary/aromatic N) is 4. The Morgan fingerprint density at radius 2 is 1.06 bits per heavy atom. The van der Waals surface area contributed by atoms with Crippen LogP contribution < -0.4 is 9.30 Å². The van der Waals surface area contributed by atoms with Crippen LogP contribution in [-0.2, 0) is 37.3 Å². The molecule has 0 atom stereocenters. The molecule has 93 heavy (non-hydrogen) atoms. The van der Waals surface area contributed by atoms with Crippen LogP contribution in [0.15, 0.2) is 229 Å². The molecular weight excluding hydrogens is 1320 g/mol. The number of pyridine rings is 1. The van der Waals surface area contributed by atoms with E-state index in [0.29, 0.717) is 28.4 Å². The number of fused-ring (bicyclic) bond motifs is 13. The Kier molecular flexibility index (Phi) is 12.6. The molecule has 0 N–H and O–H groups in total. The molecule has 6 nitrogen and oxygen atoms in total. The summed E-state index contributed by atoms with van der Waals surface area (Å²) in [5, 5.41) is 4.04. The summed E-state index contributed by atoms with van der Waals surface area (Å²) in [6.45, 7) is 14.6. The third-order valence-electron chi connectivity index (χ3n) is 18.5. The summed E-state index contributed by atoms with van der Waals surface area (Å²) >= 11 is 0. The van der Waals surface area contributed by atoms with Crippen molar-refractivity contribution in [2.75, 3.05) is 0 Å². The van der Waals surface area contributed by atoms with Crippen LogP contribution in [0.2, 0.25) is 0 Å².